The van der Waals surface area contributed by atoms with Crippen LogP contribution in [0.15, 0.2) is 18.2 Å². The van der Waals surface area contributed by atoms with Crippen LogP contribution in [0.4, 0.5) is 10.5 Å². The van der Waals surface area contributed by atoms with E-state index in [1.165, 1.54) is 0 Å². The third kappa shape index (κ3) is 6.14. The zero-order valence-electron chi connectivity index (χ0n) is 16.1. The summed E-state index contributed by atoms with van der Waals surface area (Å²) >= 11 is 0. The molecule has 0 aliphatic heterocycles. The number of carbonyl (C=O) groups is 1. The maximum Gasteiger partial charge on any atom is 0.407 e. The highest BCUT2D eigenvalue weighted by atomic mass is 16.6. The second kappa shape index (κ2) is 8.79. The number of carbonyl (C=O) groups excluding carboxylic acids is 1. The Morgan fingerprint density at radius 3 is 2.54 bits per heavy atom. The molecule has 1 fully saturated rings. The fraction of sp³-hybridized carbons (Fsp3) is 0.600. The minimum atomic E-state index is -0.465. The smallest absolute Gasteiger partial charge is 0.407 e. The molecule has 0 bridgehead atoms. The van der Waals surface area contributed by atoms with Crippen molar-refractivity contribution in [3.05, 3.63) is 23.8 Å². The Bertz CT molecular complexity index is 653. The second-order valence-corrected chi connectivity index (χ2v) is 7.77. The molecule has 2 N–H and O–H groups in total. The Morgan fingerprint density at radius 1 is 1.27 bits per heavy atom. The summed E-state index contributed by atoms with van der Waals surface area (Å²) in [4.78, 5) is 11.9. The highest BCUT2D eigenvalue weighted by Gasteiger charge is 2.24. The number of hydrogen-bond donors (Lipinski definition) is 2. The van der Waals surface area contributed by atoms with Crippen LogP contribution in [0.1, 0.15) is 52.0 Å². The summed E-state index contributed by atoms with van der Waals surface area (Å²) in [5, 5.41) is 15.4. The molecule has 2 rings (SSSR count). The minimum Gasteiger partial charge on any atom is -0.495 e. The highest BCUT2D eigenvalue weighted by Crippen LogP contribution is 2.27. The predicted octanol–water partition coefficient (Wildman–Crippen LogP) is 4.06. The van der Waals surface area contributed by atoms with Crippen LogP contribution in [0.2, 0.25) is 0 Å². The number of nitriles is 1. The van der Waals surface area contributed by atoms with Crippen molar-refractivity contribution in [2.24, 2.45) is 5.92 Å². The SMILES string of the molecule is COc1cc(NCC2CCC(NC(=O)OC(C)(C)C)CC2)ccc1C#N. The molecule has 1 saturated carbocycles. The number of amides is 1. The van der Waals surface area contributed by atoms with Gasteiger partial charge in [-0.25, -0.2) is 4.79 Å². The second-order valence-electron chi connectivity index (χ2n) is 7.77. The van der Waals surface area contributed by atoms with Gasteiger partial charge in [-0.2, -0.15) is 5.26 Å². The first kappa shape index (κ1) is 19.9. The third-order valence-corrected chi connectivity index (χ3v) is 4.48. The lowest BCUT2D eigenvalue weighted by Gasteiger charge is -2.30. The molecule has 0 unspecified atom stereocenters. The van der Waals surface area contributed by atoms with Gasteiger partial charge in [0.05, 0.1) is 12.7 Å². The van der Waals surface area contributed by atoms with Crippen molar-refractivity contribution in [3.8, 4) is 11.8 Å². The normalized spacial score (nSPS) is 20.0. The van der Waals surface area contributed by atoms with E-state index in [-0.39, 0.29) is 12.1 Å². The van der Waals surface area contributed by atoms with Gasteiger partial charge in [-0.1, -0.05) is 0 Å². The number of ether oxygens (including phenoxy) is 2. The molecular weight excluding hydrogens is 330 g/mol. The average molecular weight is 359 g/mol. The lowest BCUT2D eigenvalue weighted by atomic mass is 9.86. The first-order chi connectivity index (χ1) is 12.3. The van der Waals surface area contributed by atoms with Crippen LogP contribution in [0, 0.1) is 17.2 Å². The van der Waals surface area contributed by atoms with E-state index >= 15 is 0 Å². The number of anilines is 1. The Kier molecular flexibility index (Phi) is 6.73. The molecule has 6 nitrogen and oxygen atoms in total. The number of nitrogens with zero attached hydrogens (tertiary/aromatic N) is 1. The Hall–Kier alpha value is -2.42. The van der Waals surface area contributed by atoms with Crippen molar-refractivity contribution in [2.75, 3.05) is 19.0 Å². The van der Waals surface area contributed by atoms with E-state index in [0.29, 0.717) is 17.2 Å². The zero-order chi connectivity index (χ0) is 19.2. The lowest BCUT2D eigenvalue weighted by molar-refractivity contribution is 0.0488. The standard InChI is InChI=1S/C20H29N3O3/c1-20(2,3)26-19(24)23-16-8-5-14(6-9-16)13-22-17-10-7-15(12-21)18(11-17)25-4/h7,10-11,14,16,22H,5-6,8-9,13H2,1-4H3,(H,23,24). The first-order valence-corrected chi connectivity index (χ1v) is 9.12. The first-order valence-electron chi connectivity index (χ1n) is 9.12. The molecule has 1 aliphatic rings. The van der Waals surface area contributed by atoms with Crippen molar-refractivity contribution in [1.82, 2.24) is 5.32 Å². The topological polar surface area (TPSA) is 83.4 Å². The molecule has 0 heterocycles. The summed E-state index contributed by atoms with van der Waals surface area (Å²) in [6.45, 7) is 6.47. The van der Waals surface area contributed by atoms with Gasteiger partial charge in [0, 0.05) is 24.3 Å². The van der Waals surface area contributed by atoms with Crippen molar-refractivity contribution in [2.45, 2.75) is 58.1 Å². The largest absolute Gasteiger partial charge is 0.495 e. The quantitative estimate of drug-likeness (QED) is 0.828. The summed E-state index contributed by atoms with van der Waals surface area (Å²) in [6, 6.07) is 7.83. The molecule has 1 amide bonds. The Balaban J connectivity index is 1.75. The minimum absolute atomic E-state index is 0.191. The van der Waals surface area contributed by atoms with Gasteiger partial charge in [-0.15, -0.1) is 0 Å². The van der Waals surface area contributed by atoms with Gasteiger partial charge < -0.3 is 20.1 Å². The maximum absolute atomic E-state index is 11.9. The van der Waals surface area contributed by atoms with Crippen molar-refractivity contribution in [1.29, 1.82) is 5.26 Å². The summed E-state index contributed by atoms with van der Waals surface area (Å²) < 4.78 is 10.6. The molecule has 0 radical (unpaired) electrons. The molecule has 26 heavy (non-hydrogen) atoms. The van der Waals surface area contributed by atoms with Crippen LogP contribution in [0.25, 0.3) is 0 Å². The summed E-state index contributed by atoms with van der Waals surface area (Å²) in [6.07, 6.45) is 3.70. The predicted molar refractivity (Wildman–Crippen MR) is 101 cm³/mol. The molecule has 1 aromatic carbocycles. The van der Waals surface area contributed by atoms with Gasteiger partial charge in [0.1, 0.15) is 17.4 Å². The number of alkyl carbamates (subject to hydrolysis) is 1. The fourth-order valence-corrected chi connectivity index (χ4v) is 3.14. The van der Waals surface area contributed by atoms with Crippen molar-refractivity contribution >= 4 is 11.8 Å². The Morgan fingerprint density at radius 2 is 1.96 bits per heavy atom. The number of hydrogen-bond acceptors (Lipinski definition) is 5. The molecule has 0 spiro atoms. The van der Waals surface area contributed by atoms with Gasteiger partial charge in [-0.3, -0.25) is 0 Å². The average Bonchev–Trinajstić information content (AvgIpc) is 2.59. The zero-order valence-corrected chi connectivity index (χ0v) is 16.1. The van der Waals surface area contributed by atoms with Gasteiger partial charge in [0.2, 0.25) is 0 Å². The summed E-state index contributed by atoms with van der Waals surface area (Å²) in [5.74, 6) is 1.15. The van der Waals surface area contributed by atoms with E-state index in [1.807, 2.05) is 32.9 Å². The molecule has 6 heteroatoms. The highest BCUT2D eigenvalue weighted by molar-refractivity contribution is 5.68. The number of benzene rings is 1. The third-order valence-electron chi connectivity index (χ3n) is 4.48. The van der Waals surface area contributed by atoms with Crippen LogP contribution < -0.4 is 15.4 Å². The van der Waals surface area contributed by atoms with E-state index in [1.54, 1.807) is 13.2 Å². The van der Waals surface area contributed by atoms with Crippen LogP contribution in [-0.4, -0.2) is 31.4 Å². The number of methoxy groups -OCH3 is 1. The van der Waals surface area contributed by atoms with Gasteiger partial charge >= 0.3 is 6.09 Å². The lowest BCUT2D eigenvalue weighted by Crippen LogP contribution is -2.41. The van der Waals surface area contributed by atoms with E-state index in [4.69, 9.17) is 14.7 Å². The van der Waals surface area contributed by atoms with Gasteiger partial charge in [0.15, 0.2) is 0 Å². The summed E-state index contributed by atoms with van der Waals surface area (Å²) in [5.41, 5.74) is 1.02. The fourth-order valence-electron chi connectivity index (χ4n) is 3.14. The van der Waals surface area contributed by atoms with Crippen LogP contribution in [-0.2, 0) is 4.74 Å². The molecule has 1 aromatic rings. The van der Waals surface area contributed by atoms with E-state index in [0.717, 1.165) is 37.9 Å². The van der Waals surface area contributed by atoms with Gasteiger partial charge in [-0.05, 0) is 64.5 Å². The summed E-state index contributed by atoms with van der Waals surface area (Å²) in [7, 11) is 1.57. The number of nitrogens with one attached hydrogen (secondary N) is 2. The maximum atomic E-state index is 11.9. The molecule has 1 aliphatic carbocycles. The van der Waals surface area contributed by atoms with Crippen molar-refractivity contribution < 1.29 is 14.3 Å². The van der Waals surface area contributed by atoms with Crippen molar-refractivity contribution in [3.63, 3.8) is 0 Å². The van der Waals surface area contributed by atoms with Crippen LogP contribution in [0.3, 0.4) is 0 Å². The number of rotatable bonds is 5. The molecule has 0 atom stereocenters. The van der Waals surface area contributed by atoms with E-state index < -0.39 is 5.60 Å². The van der Waals surface area contributed by atoms with E-state index in [2.05, 4.69) is 16.7 Å². The van der Waals surface area contributed by atoms with Crippen LogP contribution >= 0.6 is 0 Å². The Labute approximate surface area is 155 Å². The van der Waals surface area contributed by atoms with Crippen LogP contribution in [0.5, 0.6) is 5.75 Å². The molecule has 0 saturated heterocycles. The molecular formula is C20H29N3O3. The monoisotopic (exact) mass is 359 g/mol. The molecule has 142 valence electrons. The van der Waals surface area contributed by atoms with Gasteiger partial charge in [0.25, 0.3) is 0 Å². The molecule has 0 aromatic heterocycles. The van der Waals surface area contributed by atoms with E-state index in [9.17, 15) is 4.79 Å².